The highest BCUT2D eigenvalue weighted by atomic mass is 19.4. The van der Waals surface area contributed by atoms with Crippen molar-refractivity contribution in [3.63, 3.8) is 0 Å². The Hall–Kier alpha value is -3.93. The van der Waals surface area contributed by atoms with Gasteiger partial charge in [-0.15, -0.1) is 5.10 Å². The normalized spacial score (nSPS) is 16.4. The van der Waals surface area contributed by atoms with E-state index in [0.29, 0.717) is 43.2 Å². The van der Waals surface area contributed by atoms with Crippen LogP contribution in [0.4, 0.5) is 24.8 Å². The van der Waals surface area contributed by atoms with Crippen LogP contribution in [0.2, 0.25) is 0 Å². The molecule has 0 bridgehead atoms. The molecule has 5 rings (SSSR count). The second kappa shape index (κ2) is 10.8. The largest absolute Gasteiger partial charge is 0.389 e. The number of hydrogen-bond acceptors (Lipinski definition) is 6. The van der Waals surface area contributed by atoms with Gasteiger partial charge >= 0.3 is 6.18 Å². The summed E-state index contributed by atoms with van der Waals surface area (Å²) in [6, 6.07) is 11.0. The monoisotopic (exact) mass is 527 g/mol. The van der Waals surface area contributed by atoms with Crippen LogP contribution >= 0.6 is 0 Å². The van der Waals surface area contributed by atoms with Gasteiger partial charge in [0.15, 0.2) is 5.65 Å². The highest BCUT2D eigenvalue weighted by Gasteiger charge is 2.29. The van der Waals surface area contributed by atoms with E-state index in [-0.39, 0.29) is 12.5 Å². The number of alkyl halides is 3. The van der Waals surface area contributed by atoms with E-state index in [9.17, 15) is 22.8 Å². The predicted octanol–water partition coefficient (Wildman–Crippen LogP) is 3.48. The summed E-state index contributed by atoms with van der Waals surface area (Å²) in [6.07, 6.45) is -1.83. The molecular weight excluding hydrogens is 499 g/mol. The van der Waals surface area contributed by atoms with E-state index in [2.05, 4.69) is 20.7 Å². The first-order valence-electron chi connectivity index (χ1n) is 12.5. The topological polar surface area (TPSA) is 94.9 Å². The van der Waals surface area contributed by atoms with Crippen LogP contribution in [0.3, 0.4) is 0 Å². The van der Waals surface area contributed by atoms with Crippen LogP contribution in [0.15, 0.2) is 48.7 Å². The number of piperazine rings is 1. The number of carbonyl (C=O) groups excluding carboxylic acids is 2. The third-order valence-corrected chi connectivity index (χ3v) is 6.68. The number of anilines is 2. The van der Waals surface area contributed by atoms with E-state index in [0.717, 1.165) is 29.9 Å². The zero-order valence-electron chi connectivity index (χ0n) is 20.7. The average Bonchev–Trinajstić information content (AvgIpc) is 3.34. The number of rotatable bonds is 6. The van der Waals surface area contributed by atoms with Crippen LogP contribution in [-0.4, -0.2) is 81.7 Å². The fraction of sp³-hybridized carbons (Fsp3) is 0.385. The van der Waals surface area contributed by atoms with Crippen molar-refractivity contribution in [2.45, 2.75) is 25.4 Å². The lowest BCUT2D eigenvalue weighted by Gasteiger charge is -2.27. The number of fused-ring (bicyclic) bond motifs is 1. The zero-order valence-corrected chi connectivity index (χ0v) is 20.7. The molecule has 0 unspecified atom stereocenters. The highest BCUT2D eigenvalue weighted by Crippen LogP contribution is 2.28. The molecular formula is C26H28F3N7O2. The Balaban J connectivity index is 1.26. The molecule has 2 amide bonds. The summed E-state index contributed by atoms with van der Waals surface area (Å²) < 4.78 is 39.0. The van der Waals surface area contributed by atoms with E-state index < -0.39 is 24.9 Å². The molecule has 1 fully saturated rings. The van der Waals surface area contributed by atoms with Crippen molar-refractivity contribution in [3.05, 3.63) is 59.8 Å². The molecule has 2 aromatic heterocycles. The van der Waals surface area contributed by atoms with Gasteiger partial charge in [-0.1, -0.05) is 6.08 Å². The number of hydrogen-bond donors (Lipinski definition) is 2. The first-order valence-corrected chi connectivity index (χ1v) is 12.5. The summed E-state index contributed by atoms with van der Waals surface area (Å²) in [5.41, 5.74) is 3.81. The Bertz CT molecular complexity index is 1350. The number of amides is 2. The summed E-state index contributed by atoms with van der Waals surface area (Å²) in [4.78, 5) is 32.8. The fourth-order valence-corrected chi connectivity index (χ4v) is 4.63. The van der Waals surface area contributed by atoms with Gasteiger partial charge < -0.3 is 20.4 Å². The van der Waals surface area contributed by atoms with Gasteiger partial charge in [0, 0.05) is 68.7 Å². The van der Waals surface area contributed by atoms with Crippen molar-refractivity contribution < 1.29 is 22.8 Å². The smallest absolute Gasteiger partial charge is 0.339 e. The molecule has 0 aliphatic carbocycles. The molecule has 4 heterocycles. The third kappa shape index (κ3) is 5.96. The molecule has 200 valence electrons. The van der Waals surface area contributed by atoms with Gasteiger partial charge in [0.05, 0.1) is 6.42 Å². The maximum Gasteiger partial charge on any atom is 0.389 e. The Morgan fingerprint density at radius 3 is 2.47 bits per heavy atom. The number of halogens is 3. The Labute approximate surface area is 217 Å². The van der Waals surface area contributed by atoms with E-state index in [4.69, 9.17) is 0 Å². The van der Waals surface area contributed by atoms with Crippen LogP contribution in [0.25, 0.3) is 11.2 Å². The molecule has 3 aromatic rings. The predicted molar refractivity (Wildman–Crippen MR) is 136 cm³/mol. The van der Waals surface area contributed by atoms with Crippen molar-refractivity contribution in [1.82, 2.24) is 29.7 Å². The first-order chi connectivity index (χ1) is 18.3. The molecule has 0 spiro atoms. The highest BCUT2D eigenvalue weighted by molar-refractivity contribution is 5.94. The number of nitrogens with one attached hydrogen (secondary N) is 2. The van der Waals surface area contributed by atoms with Gasteiger partial charge in [0.2, 0.25) is 11.9 Å². The van der Waals surface area contributed by atoms with Gasteiger partial charge in [-0.2, -0.15) is 18.2 Å². The minimum atomic E-state index is -4.34. The lowest BCUT2D eigenvalue weighted by atomic mass is 10.00. The molecule has 0 radical (unpaired) electrons. The Kier molecular flexibility index (Phi) is 7.32. The molecule has 12 heteroatoms. The summed E-state index contributed by atoms with van der Waals surface area (Å²) in [6.45, 7) is 3.57. The maximum absolute atomic E-state index is 12.7. The van der Waals surface area contributed by atoms with Crippen molar-refractivity contribution in [1.29, 1.82) is 0 Å². The van der Waals surface area contributed by atoms with Crippen molar-refractivity contribution >= 4 is 34.7 Å². The number of pyridine rings is 1. The molecule has 0 atom stereocenters. The summed E-state index contributed by atoms with van der Waals surface area (Å²) in [5.74, 6) is -0.0978. The first kappa shape index (κ1) is 25.7. The van der Waals surface area contributed by atoms with Crippen molar-refractivity contribution in [3.8, 4) is 0 Å². The standard InChI is InChI=1S/C26H28F3N7O2/c27-26(28,29)10-7-22(37)34-14-8-18(9-15-34)21-2-1-13-36-23(21)32-25(33-36)31-20-5-3-19(4-6-20)24(38)35-16-11-30-12-17-35/h1-6,8,13,30H,7,9-12,14-17H2,(H,31,33). The minimum absolute atomic E-state index is 0.00919. The van der Waals surface area contributed by atoms with Crippen LogP contribution in [0, 0.1) is 0 Å². The minimum Gasteiger partial charge on any atom is -0.339 e. The molecule has 1 saturated heterocycles. The molecule has 0 saturated carbocycles. The molecule has 9 nitrogen and oxygen atoms in total. The number of carbonyl (C=O) groups is 2. The average molecular weight is 528 g/mol. The molecule has 1 aromatic carbocycles. The number of aromatic nitrogens is 3. The van der Waals surface area contributed by atoms with E-state index >= 15 is 0 Å². The third-order valence-electron chi connectivity index (χ3n) is 6.68. The van der Waals surface area contributed by atoms with Crippen LogP contribution < -0.4 is 10.6 Å². The SMILES string of the molecule is O=C(CCC(F)(F)F)N1CC=C(c2cccn3nc(Nc4ccc(C(=O)N5CCNCC5)cc4)nc23)CC1. The number of benzene rings is 1. The van der Waals surface area contributed by atoms with Crippen LogP contribution in [-0.2, 0) is 4.79 Å². The van der Waals surface area contributed by atoms with Gasteiger partial charge in [0.25, 0.3) is 5.91 Å². The van der Waals surface area contributed by atoms with E-state index in [1.165, 1.54) is 4.90 Å². The second-order valence-electron chi connectivity index (χ2n) is 9.30. The lowest BCUT2D eigenvalue weighted by molar-refractivity contribution is -0.148. The molecule has 38 heavy (non-hydrogen) atoms. The van der Waals surface area contributed by atoms with Crippen LogP contribution in [0.1, 0.15) is 35.2 Å². The quantitative estimate of drug-likeness (QED) is 0.510. The summed E-state index contributed by atoms with van der Waals surface area (Å²) >= 11 is 0. The fourth-order valence-electron chi connectivity index (χ4n) is 4.63. The summed E-state index contributed by atoms with van der Waals surface area (Å²) in [5, 5.41) is 10.9. The molecule has 2 N–H and O–H groups in total. The maximum atomic E-state index is 12.7. The van der Waals surface area contributed by atoms with Crippen LogP contribution in [0.5, 0.6) is 0 Å². The molecule has 2 aliphatic heterocycles. The Morgan fingerprint density at radius 2 is 1.79 bits per heavy atom. The van der Waals surface area contributed by atoms with Gasteiger partial charge in [-0.05, 0) is 48.4 Å². The van der Waals surface area contributed by atoms with E-state index in [1.54, 1.807) is 22.8 Å². The zero-order chi connectivity index (χ0) is 26.7. The van der Waals surface area contributed by atoms with Gasteiger partial charge in [0.1, 0.15) is 0 Å². The molecule has 2 aliphatic rings. The number of nitrogens with zero attached hydrogens (tertiary/aromatic N) is 5. The van der Waals surface area contributed by atoms with Gasteiger partial charge in [-0.3, -0.25) is 9.59 Å². The van der Waals surface area contributed by atoms with Crippen molar-refractivity contribution in [2.75, 3.05) is 44.6 Å². The second-order valence-corrected chi connectivity index (χ2v) is 9.30. The lowest BCUT2D eigenvalue weighted by Crippen LogP contribution is -2.46. The summed E-state index contributed by atoms with van der Waals surface area (Å²) in [7, 11) is 0. The van der Waals surface area contributed by atoms with Crippen molar-refractivity contribution in [2.24, 2.45) is 0 Å². The van der Waals surface area contributed by atoms with Gasteiger partial charge in [-0.25, -0.2) is 4.52 Å². The Morgan fingerprint density at radius 1 is 1.03 bits per heavy atom. The van der Waals surface area contributed by atoms with E-state index in [1.807, 2.05) is 35.2 Å².